The third-order valence-corrected chi connectivity index (χ3v) is 5.01. The minimum atomic E-state index is -0.0740. The number of amides is 1. The van der Waals surface area contributed by atoms with E-state index in [1.165, 1.54) is 0 Å². The molecule has 5 rings (SSSR count). The van der Waals surface area contributed by atoms with Crippen molar-refractivity contribution >= 4 is 11.5 Å². The molecule has 3 aromatic heterocycles. The summed E-state index contributed by atoms with van der Waals surface area (Å²) in [5, 5.41) is 8.23. The minimum absolute atomic E-state index is 0.0740. The van der Waals surface area contributed by atoms with Gasteiger partial charge < -0.3 is 9.32 Å². The van der Waals surface area contributed by atoms with Crippen LogP contribution in [-0.2, 0) is 0 Å². The Morgan fingerprint density at radius 3 is 2.52 bits per heavy atom. The number of aromatic nitrogens is 5. The lowest BCUT2D eigenvalue weighted by atomic mass is 10.0. The highest BCUT2D eigenvalue weighted by Gasteiger charge is 2.21. The number of benzene rings is 1. The maximum absolute atomic E-state index is 12.6. The van der Waals surface area contributed by atoms with Crippen LogP contribution >= 0.6 is 0 Å². The van der Waals surface area contributed by atoms with E-state index < -0.39 is 0 Å². The summed E-state index contributed by atoms with van der Waals surface area (Å²) in [5.41, 5.74) is 3.58. The van der Waals surface area contributed by atoms with E-state index in [4.69, 9.17) is 4.42 Å². The summed E-state index contributed by atoms with van der Waals surface area (Å²) in [7, 11) is 0. The molecule has 0 N–H and O–H groups in total. The summed E-state index contributed by atoms with van der Waals surface area (Å²) in [6.07, 6.45) is 7.61. The second-order valence-electron chi connectivity index (χ2n) is 7.01. The zero-order chi connectivity index (χ0) is 21.0. The first-order valence-corrected chi connectivity index (χ1v) is 9.89. The van der Waals surface area contributed by atoms with E-state index in [-0.39, 0.29) is 5.91 Å². The molecule has 0 bridgehead atoms. The zero-order valence-corrected chi connectivity index (χ0v) is 16.5. The molecule has 1 aromatic carbocycles. The molecule has 1 amide bonds. The molecule has 0 aliphatic carbocycles. The van der Waals surface area contributed by atoms with Gasteiger partial charge >= 0.3 is 0 Å². The average molecular weight is 410 g/mol. The number of carbonyl (C=O) groups excluding carboxylic acids is 1. The minimum Gasteiger partial charge on any atom is -0.415 e. The van der Waals surface area contributed by atoms with Gasteiger partial charge in [0.05, 0.1) is 18.1 Å². The summed E-state index contributed by atoms with van der Waals surface area (Å²) in [5.74, 6) is 0.676. The van der Waals surface area contributed by atoms with E-state index in [1.807, 2.05) is 42.5 Å². The Morgan fingerprint density at radius 1 is 0.935 bits per heavy atom. The molecule has 8 nitrogen and oxygen atoms in total. The van der Waals surface area contributed by atoms with Gasteiger partial charge in [-0.3, -0.25) is 14.8 Å². The molecular weight excluding hydrogens is 392 g/mol. The SMILES string of the molecule is O=C(c1ccccn1)N1CC=C(c2cncc(-c3nnc(-c4ccccc4)o3)n2)CC1. The number of hydrogen-bond donors (Lipinski definition) is 0. The van der Waals surface area contributed by atoms with Gasteiger partial charge in [0.2, 0.25) is 5.89 Å². The van der Waals surface area contributed by atoms with Crippen LogP contribution in [0.5, 0.6) is 0 Å². The van der Waals surface area contributed by atoms with Crippen LogP contribution in [0.25, 0.3) is 28.6 Å². The molecule has 152 valence electrons. The molecule has 4 heterocycles. The largest absolute Gasteiger partial charge is 0.415 e. The second-order valence-corrected chi connectivity index (χ2v) is 7.01. The Bertz CT molecular complexity index is 1240. The molecule has 1 aliphatic rings. The summed E-state index contributed by atoms with van der Waals surface area (Å²) >= 11 is 0. The summed E-state index contributed by atoms with van der Waals surface area (Å²) in [6, 6.07) is 14.9. The van der Waals surface area contributed by atoms with Gasteiger partial charge in [-0.15, -0.1) is 10.2 Å². The molecule has 0 atom stereocenters. The van der Waals surface area contributed by atoms with Crippen LogP contribution in [0.1, 0.15) is 22.6 Å². The Hall–Kier alpha value is -4.20. The van der Waals surface area contributed by atoms with Gasteiger partial charge in [0.1, 0.15) is 11.4 Å². The van der Waals surface area contributed by atoms with Gasteiger partial charge in [-0.05, 0) is 36.3 Å². The van der Waals surface area contributed by atoms with Crippen molar-refractivity contribution in [2.45, 2.75) is 6.42 Å². The Morgan fingerprint density at radius 2 is 1.74 bits per heavy atom. The fourth-order valence-electron chi connectivity index (χ4n) is 3.39. The molecule has 1 aliphatic heterocycles. The molecule has 0 spiro atoms. The van der Waals surface area contributed by atoms with E-state index in [0.29, 0.717) is 42.7 Å². The van der Waals surface area contributed by atoms with Gasteiger partial charge in [0.15, 0.2) is 0 Å². The number of hydrogen-bond acceptors (Lipinski definition) is 7. The van der Waals surface area contributed by atoms with Crippen molar-refractivity contribution in [2.24, 2.45) is 0 Å². The van der Waals surface area contributed by atoms with E-state index in [0.717, 1.165) is 16.8 Å². The molecule has 0 unspecified atom stereocenters. The number of carbonyl (C=O) groups is 1. The molecule has 0 saturated heterocycles. The molecule has 0 radical (unpaired) electrons. The fraction of sp³-hybridized carbons (Fsp3) is 0.130. The van der Waals surface area contributed by atoms with Gasteiger partial charge in [-0.2, -0.15) is 0 Å². The lowest BCUT2D eigenvalue weighted by Crippen LogP contribution is -2.35. The maximum Gasteiger partial charge on any atom is 0.272 e. The monoisotopic (exact) mass is 410 g/mol. The van der Waals surface area contributed by atoms with Crippen molar-refractivity contribution in [3.05, 3.63) is 84.6 Å². The highest BCUT2D eigenvalue weighted by atomic mass is 16.4. The van der Waals surface area contributed by atoms with Crippen LogP contribution in [0, 0.1) is 0 Å². The normalized spacial score (nSPS) is 13.7. The third kappa shape index (κ3) is 3.95. The lowest BCUT2D eigenvalue weighted by molar-refractivity contribution is 0.0767. The van der Waals surface area contributed by atoms with Crippen molar-refractivity contribution in [3.63, 3.8) is 0 Å². The van der Waals surface area contributed by atoms with Gasteiger partial charge in [0, 0.05) is 24.8 Å². The molecule has 4 aromatic rings. The summed E-state index contributed by atoms with van der Waals surface area (Å²) in [6.45, 7) is 1.08. The third-order valence-electron chi connectivity index (χ3n) is 5.01. The number of pyridine rings is 1. The molecule has 0 fully saturated rings. The fourth-order valence-corrected chi connectivity index (χ4v) is 3.39. The van der Waals surface area contributed by atoms with Crippen LogP contribution in [0.3, 0.4) is 0 Å². The standard InChI is InChI=1S/C23H18N6O2/c30-23(18-8-4-5-11-25-18)29-12-9-16(10-13-29)19-14-24-15-20(26-19)22-28-27-21(31-22)17-6-2-1-3-7-17/h1-9,11,14-15H,10,12-13H2. The van der Waals surface area contributed by atoms with Crippen LogP contribution in [0.4, 0.5) is 0 Å². The van der Waals surface area contributed by atoms with Crippen molar-refractivity contribution in [2.75, 3.05) is 13.1 Å². The van der Waals surface area contributed by atoms with Gasteiger partial charge in [-0.25, -0.2) is 4.98 Å². The highest BCUT2D eigenvalue weighted by Crippen LogP contribution is 2.25. The summed E-state index contributed by atoms with van der Waals surface area (Å²) < 4.78 is 5.79. The number of nitrogens with zero attached hydrogens (tertiary/aromatic N) is 6. The summed E-state index contributed by atoms with van der Waals surface area (Å²) in [4.78, 5) is 27.5. The van der Waals surface area contributed by atoms with Gasteiger partial charge in [0.25, 0.3) is 11.8 Å². The molecule has 8 heteroatoms. The van der Waals surface area contributed by atoms with E-state index in [1.54, 1.807) is 35.6 Å². The first kappa shape index (κ1) is 18.8. The lowest BCUT2D eigenvalue weighted by Gasteiger charge is -2.26. The smallest absolute Gasteiger partial charge is 0.272 e. The molecule has 0 saturated carbocycles. The number of rotatable bonds is 4. The van der Waals surface area contributed by atoms with Crippen molar-refractivity contribution in [1.82, 2.24) is 30.0 Å². The van der Waals surface area contributed by atoms with Crippen molar-refractivity contribution in [1.29, 1.82) is 0 Å². The predicted octanol–water partition coefficient (Wildman–Crippen LogP) is 3.52. The Balaban J connectivity index is 1.34. The quantitative estimate of drug-likeness (QED) is 0.508. The van der Waals surface area contributed by atoms with Gasteiger partial charge in [-0.1, -0.05) is 30.3 Å². The maximum atomic E-state index is 12.6. The van der Waals surface area contributed by atoms with E-state index in [2.05, 4.69) is 25.1 Å². The Labute approximate surface area is 178 Å². The first-order chi connectivity index (χ1) is 15.3. The predicted molar refractivity (Wildman–Crippen MR) is 113 cm³/mol. The van der Waals surface area contributed by atoms with Crippen LogP contribution in [0.2, 0.25) is 0 Å². The van der Waals surface area contributed by atoms with E-state index >= 15 is 0 Å². The van der Waals surface area contributed by atoms with Crippen LogP contribution in [-0.4, -0.2) is 49.0 Å². The van der Waals surface area contributed by atoms with Crippen molar-refractivity contribution < 1.29 is 9.21 Å². The van der Waals surface area contributed by atoms with Crippen LogP contribution in [0.15, 0.2) is 77.6 Å². The second kappa shape index (κ2) is 8.27. The van der Waals surface area contributed by atoms with E-state index in [9.17, 15) is 4.79 Å². The highest BCUT2D eigenvalue weighted by molar-refractivity contribution is 5.92. The van der Waals surface area contributed by atoms with Crippen LogP contribution < -0.4 is 0 Å². The Kier molecular flexibility index (Phi) is 5.02. The molecule has 31 heavy (non-hydrogen) atoms. The molecular formula is C23H18N6O2. The zero-order valence-electron chi connectivity index (χ0n) is 16.5. The van der Waals surface area contributed by atoms with Crippen molar-refractivity contribution in [3.8, 4) is 23.0 Å². The average Bonchev–Trinajstić information content (AvgIpc) is 3.35. The first-order valence-electron chi connectivity index (χ1n) is 9.89. The topological polar surface area (TPSA) is 97.9 Å².